The summed E-state index contributed by atoms with van der Waals surface area (Å²) >= 11 is 0. The lowest BCUT2D eigenvalue weighted by Crippen LogP contribution is -2.51. The van der Waals surface area contributed by atoms with E-state index in [1.165, 1.54) is 6.08 Å². The molecule has 0 aromatic carbocycles. The van der Waals surface area contributed by atoms with Crippen LogP contribution in [0.1, 0.15) is 6.92 Å². The first kappa shape index (κ1) is 8.43. The predicted octanol–water partition coefficient (Wildman–Crippen LogP) is 0.118. The lowest BCUT2D eigenvalue weighted by molar-refractivity contribution is -0.122. The monoisotopic (exact) mass is 155 g/mol. The highest BCUT2D eigenvalue weighted by Crippen LogP contribution is 2.04. The van der Waals surface area contributed by atoms with Crippen LogP contribution in [-0.4, -0.2) is 31.1 Å². The summed E-state index contributed by atoms with van der Waals surface area (Å²) < 4.78 is 5.28. The van der Waals surface area contributed by atoms with Crippen LogP contribution in [0.4, 0.5) is 0 Å². The highest BCUT2D eigenvalue weighted by Gasteiger charge is 2.25. The Morgan fingerprint density at radius 2 is 2.55 bits per heavy atom. The lowest BCUT2D eigenvalue weighted by Gasteiger charge is -2.28. The molecule has 1 N–H and O–H groups in total. The Balaban J connectivity index is 2.53. The van der Waals surface area contributed by atoms with Gasteiger partial charge in [0.2, 0.25) is 0 Å². The molecule has 1 saturated heterocycles. The van der Waals surface area contributed by atoms with Crippen LogP contribution in [0.25, 0.3) is 0 Å². The van der Waals surface area contributed by atoms with Gasteiger partial charge in [-0.3, -0.25) is 4.79 Å². The average molecular weight is 155 g/mol. The van der Waals surface area contributed by atoms with Crippen molar-refractivity contribution < 1.29 is 9.53 Å². The molecule has 1 heterocycles. The van der Waals surface area contributed by atoms with Gasteiger partial charge in [-0.1, -0.05) is 6.58 Å². The van der Waals surface area contributed by atoms with Crippen LogP contribution in [0, 0.1) is 0 Å². The van der Waals surface area contributed by atoms with E-state index >= 15 is 0 Å². The summed E-state index contributed by atoms with van der Waals surface area (Å²) in [5.74, 6) is 0.0113. The van der Waals surface area contributed by atoms with Gasteiger partial charge in [0.15, 0.2) is 5.78 Å². The summed E-state index contributed by atoms with van der Waals surface area (Å²) in [6, 6.07) is -0.193. The van der Waals surface area contributed by atoms with Crippen LogP contribution in [0.15, 0.2) is 12.7 Å². The molecule has 3 nitrogen and oxygen atoms in total. The number of ketones is 1. The van der Waals surface area contributed by atoms with Gasteiger partial charge in [0, 0.05) is 6.54 Å². The Bertz CT molecular complexity index is 167. The molecule has 2 unspecified atom stereocenters. The molecule has 1 aliphatic heterocycles. The highest BCUT2D eigenvalue weighted by atomic mass is 16.5. The molecule has 0 bridgehead atoms. The number of hydrogen-bond acceptors (Lipinski definition) is 3. The SMILES string of the molecule is C=CC(=O)C1NCCOC1C. The maximum Gasteiger partial charge on any atom is 0.174 e. The quantitative estimate of drug-likeness (QED) is 0.575. The van der Waals surface area contributed by atoms with Crippen molar-refractivity contribution in [3.63, 3.8) is 0 Å². The Morgan fingerprint density at radius 3 is 3.09 bits per heavy atom. The van der Waals surface area contributed by atoms with Gasteiger partial charge in [0.05, 0.1) is 18.8 Å². The smallest absolute Gasteiger partial charge is 0.174 e. The number of nitrogens with one attached hydrogen (secondary N) is 1. The number of rotatable bonds is 2. The number of carbonyl (C=O) groups is 1. The second kappa shape index (κ2) is 3.64. The van der Waals surface area contributed by atoms with Gasteiger partial charge in [-0.2, -0.15) is 0 Å². The lowest BCUT2D eigenvalue weighted by atomic mass is 10.1. The molecular formula is C8H13NO2. The molecule has 0 spiro atoms. The summed E-state index contributed by atoms with van der Waals surface area (Å²) in [5.41, 5.74) is 0. The van der Waals surface area contributed by atoms with Crippen molar-refractivity contribution in [3.8, 4) is 0 Å². The van der Waals surface area contributed by atoms with Gasteiger partial charge >= 0.3 is 0 Å². The summed E-state index contributed by atoms with van der Waals surface area (Å²) in [5, 5.41) is 3.07. The third-order valence-electron chi connectivity index (χ3n) is 1.82. The van der Waals surface area contributed by atoms with Crippen molar-refractivity contribution in [2.45, 2.75) is 19.1 Å². The molecule has 0 aromatic rings. The third kappa shape index (κ3) is 1.88. The summed E-state index contributed by atoms with van der Waals surface area (Å²) in [4.78, 5) is 11.1. The second-order valence-electron chi connectivity index (χ2n) is 2.61. The maximum atomic E-state index is 11.1. The van der Waals surface area contributed by atoms with E-state index in [4.69, 9.17) is 4.74 Å². The van der Waals surface area contributed by atoms with Gasteiger partial charge in [0.25, 0.3) is 0 Å². The van der Waals surface area contributed by atoms with Crippen LogP contribution < -0.4 is 5.32 Å². The van der Waals surface area contributed by atoms with Crippen molar-refractivity contribution in [2.75, 3.05) is 13.2 Å². The fourth-order valence-corrected chi connectivity index (χ4v) is 1.18. The maximum absolute atomic E-state index is 11.1. The molecular weight excluding hydrogens is 142 g/mol. The summed E-state index contributed by atoms with van der Waals surface area (Å²) in [6.07, 6.45) is 1.30. The van der Waals surface area contributed by atoms with E-state index in [2.05, 4.69) is 11.9 Å². The standard InChI is InChI=1S/C8H13NO2/c1-3-7(10)8-6(2)11-5-4-9-8/h3,6,8-9H,1,4-5H2,2H3. The first-order valence-corrected chi connectivity index (χ1v) is 3.77. The van der Waals surface area contributed by atoms with Gasteiger partial charge in [0.1, 0.15) is 0 Å². The number of hydrogen-bond donors (Lipinski definition) is 1. The number of ether oxygens (including phenoxy) is 1. The molecule has 0 radical (unpaired) electrons. The van der Waals surface area contributed by atoms with Crippen LogP contribution in [0.3, 0.4) is 0 Å². The zero-order valence-electron chi connectivity index (χ0n) is 6.67. The fraction of sp³-hybridized carbons (Fsp3) is 0.625. The molecule has 1 fully saturated rings. The van der Waals surface area contributed by atoms with E-state index in [1.54, 1.807) is 0 Å². The Morgan fingerprint density at radius 1 is 1.82 bits per heavy atom. The van der Waals surface area contributed by atoms with E-state index in [1.807, 2.05) is 6.92 Å². The van der Waals surface area contributed by atoms with Gasteiger partial charge in [-0.15, -0.1) is 0 Å². The van der Waals surface area contributed by atoms with Crippen LogP contribution in [0.2, 0.25) is 0 Å². The highest BCUT2D eigenvalue weighted by molar-refractivity contribution is 5.94. The van der Waals surface area contributed by atoms with Crippen molar-refractivity contribution in [2.24, 2.45) is 0 Å². The molecule has 2 atom stereocenters. The van der Waals surface area contributed by atoms with Crippen molar-refractivity contribution in [1.82, 2.24) is 5.32 Å². The molecule has 0 aliphatic carbocycles. The average Bonchev–Trinajstić information content (AvgIpc) is 2.04. The van der Waals surface area contributed by atoms with E-state index < -0.39 is 0 Å². The van der Waals surface area contributed by atoms with E-state index in [0.717, 1.165) is 6.54 Å². The summed E-state index contributed by atoms with van der Waals surface area (Å²) in [7, 11) is 0. The minimum atomic E-state index is -0.193. The van der Waals surface area contributed by atoms with E-state index in [0.29, 0.717) is 6.61 Å². The molecule has 1 rings (SSSR count). The van der Waals surface area contributed by atoms with Gasteiger partial charge in [-0.25, -0.2) is 0 Å². The normalized spacial score (nSPS) is 31.4. The van der Waals surface area contributed by atoms with Crippen molar-refractivity contribution in [1.29, 1.82) is 0 Å². The minimum absolute atomic E-state index is 0.0113. The molecule has 0 aromatic heterocycles. The predicted molar refractivity (Wildman–Crippen MR) is 42.4 cm³/mol. The largest absolute Gasteiger partial charge is 0.375 e. The second-order valence-corrected chi connectivity index (χ2v) is 2.61. The molecule has 1 aliphatic rings. The Hall–Kier alpha value is -0.670. The molecule has 3 heteroatoms. The number of carbonyl (C=O) groups excluding carboxylic acids is 1. The zero-order chi connectivity index (χ0) is 8.27. The molecule has 11 heavy (non-hydrogen) atoms. The molecule has 0 saturated carbocycles. The minimum Gasteiger partial charge on any atom is -0.375 e. The summed E-state index contributed by atoms with van der Waals surface area (Å²) in [6.45, 7) is 6.74. The first-order valence-electron chi connectivity index (χ1n) is 3.77. The Labute approximate surface area is 66.4 Å². The zero-order valence-corrected chi connectivity index (χ0v) is 6.67. The van der Waals surface area contributed by atoms with Crippen molar-refractivity contribution >= 4 is 5.78 Å². The van der Waals surface area contributed by atoms with Crippen LogP contribution in [-0.2, 0) is 9.53 Å². The third-order valence-corrected chi connectivity index (χ3v) is 1.82. The van der Waals surface area contributed by atoms with Crippen molar-refractivity contribution in [3.05, 3.63) is 12.7 Å². The van der Waals surface area contributed by atoms with Gasteiger partial charge in [-0.05, 0) is 13.0 Å². The Kier molecular flexibility index (Phi) is 2.79. The molecule has 62 valence electrons. The van der Waals surface area contributed by atoms with E-state index in [-0.39, 0.29) is 17.9 Å². The fourth-order valence-electron chi connectivity index (χ4n) is 1.18. The van der Waals surface area contributed by atoms with Crippen LogP contribution in [0.5, 0.6) is 0 Å². The van der Waals surface area contributed by atoms with E-state index in [9.17, 15) is 4.79 Å². The molecule has 0 amide bonds. The van der Waals surface area contributed by atoms with Gasteiger partial charge < -0.3 is 10.1 Å². The topological polar surface area (TPSA) is 38.3 Å². The van der Waals surface area contributed by atoms with Crippen LogP contribution >= 0.6 is 0 Å². The number of morpholine rings is 1. The first-order chi connectivity index (χ1) is 5.25.